The van der Waals surface area contributed by atoms with Crippen molar-refractivity contribution < 1.29 is 4.79 Å². The second-order valence-electron chi connectivity index (χ2n) is 5.26. The Morgan fingerprint density at radius 2 is 2.20 bits per heavy atom. The maximum absolute atomic E-state index is 12.0. The summed E-state index contributed by atoms with van der Waals surface area (Å²) >= 11 is 0. The van der Waals surface area contributed by atoms with Gasteiger partial charge in [-0.2, -0.15) is 0 Å². The number of carbonyl (C=O) groups excluding carboxylic acids is 1. The van der Waals surface area contributed by atoms with Gasteiger partial charge < -0.3 is 10.2 Å². The molecule has 0 saturated carbocycles. The van der Waals surface area contributed by atoms with E-state index in [9.17, 15) is 4.79 Å². The van der Waals surface area contributed by atoms with Crippen molar-refractivity contribution in [1.82, 2.24) is 10.2 Å². The second-order valence-corrected chi connectivity index (χ2v) is 5.26. The maximum Gasteiger partial charge on any atom is 0.239 e. The molecule has 0 aromatic rings. The van der Waals surface area contributed by atoms with Crippen LogP contribution >= 0.6 is 0 Å². The third-order valence-electron chi connectivity index (χ3n) is 3.46. The highest BCUT2D eigenvalue weighted by Crippen LogP contribution is 2.23. The van der Waals surface area contributed by atoms with Crippen molar-refractivity contribution in [3.63, 3.8) is 0 Å². The summed E-state index contributed by atoms with van der Waals surface area (Å²) in [5.74, 6) is 0.283. The molecule has 1 heterocycles. The highest BCUT2D eigenvalue weighted by molar-refractivity contribution is 5.82. The lowest BCUT2D eigenvalue weighted by molar-refractivity contribution is -0.137. The summed E-state index contributed by atoms with van der Waals surface area (Å²) in [4.78, 5) is 14.0. The van der Waals surface area contributed by atoms with Crippen LogP contribution in [0.15, 0.2) is 0 Å². The smallest absolute Gasteiger partial charge is 0.239 e. The van der Waals surface area contributed by atoms with Crippen LogP contribution in [0.25, 0.3) is 0 Å². The van der Waals surface area contributed by atoms with Crippen molar-refractivity contribution in [2.75, 3.05) is 20.1 Å². The topological polar surface area (TPSA) is 32.3 Å². The SMILES string of the molecule is CCC(C)(C)CN1CCCC(NC)C1=O. The Balaban J connectivity index is 2.58. The third-order valence-corrected chi connectivity index (χ3v) is 3.46. The number of carbonyl (C=O) groups is 1. The minimum atomic E-state index is 0.0476. The lowest BCUT2D eigenvalue weighted by Gasteiger charge is -2.37. The molecule has 1 unspecified atom stereocenters. The molecule has 0 bridgehead atoms. The van der Waals surface area contributed by atoms with E-state index in [2.05, 4.69) is 26.1 Å². The Labute approximate surface area is 93.2 Å². The number of hydrogen-bond acceptors (Lipinski definition) is 2. The number of nitrogens with one attached hydrogen (secondary N) is 1. The fourth-order valence-corrected chi connectivity index (χ4v) is 1.99. The molecule has 0 aliphatic carbocycles. The van der Waals surface area contributed by atoms with Gasteiger partial charge in [0.15, 0.2) is 0 Å². The first-order valence-corrected chi connectivity index (χ1v) is 5.96. The number of likely N-dealkylation sites (tertiary alicyclic amines) is 1. The van der Waals surface area contributed by atoms with Gasteiger partial charge in [0.1, 0.15) is 0 Å². The molecule has 0 aromatic heterocycles. The molecule has 3 nitrogen and oxygen atoms in total. The lowest BCUT2D eigenvalue weighted by atomic mass is 9.88. The van der Waals surface area contributed by atoms with E-state index in [1.165, 1.54) is 0 Å². The standard InChI is InChI=1S/C12H24N2O/c1-5-12(2,3)9-14-8-6-7-10(13-4)11(14)15/h10,13H,5-9H2,1-4H3. The summed E-state index contributed by atoms with van der Waals surface area (Å²) in [5.41, 5.74) is 0.241. The molecule has 1 fully saturated rings. The molecule has 0 spiro atoms. The van der Waals surface area contributed by atoms with Gasteiger partial charge in [0.25, 0.3) is 0 Å². The Kier molecular flexibility index (Phi) is 4.14. The quantitative estimate of drug-likeness (QED) is 0.768. The van der Waals surface area contributed by atoms with Crippen molar-refractivity contribution >= 4 is 5.91 Å². The molecule has 1 atom stereocenters. The van der Waals surface area contributed by atoms with Gasteiger partial charge in [-0.1, -0.05) is 20.8 Å². The molecule has 15 heavy (non-hydrogen) atoms. The predicted molar refractivity (Wildman–Crippen MR) is 62.7 cm³/mol. The fraction of sp³-hybridized carbons (Fsp3) is 0.917. The van der Waals surface area contributed by atoms with E-state index in [4.69, 9.17) is 0 Å². The Bertz CT molecular complexity index is 226. The van der Waals surface area contributed by atoms with E-state index in [1.54, 1.807) is 0 Å². The summed E-state index contributed by atoms with van der Waals surface area (Å²) in [6.07, 6.45) is 3.22. The molecule has 1 saturated heterocycles. The largest absolute Gasteiger partial charge is 0.341 e. The summed E-state index contributed by atoms with van der Waals surface area (Å²) in [6.45, 7) is 8.46. The van der Waals surface area contributed by atoms with Crippen LogP contribution in [0.1, 0.15) is 40.0 Å². The molecule has 1 aliphatic rings. The van der Waals surface area contributed by atoms with Crippen LogP contribution in [0.5, 0.6) is 0 Å². The molecule has 0 radical (unpaired) electrons. The summed E-state index contributed by atoms with van der Waals surface area (Å²) in [7, 11) is 1.87. The average Bonchev–Trinajstić information content (AvgIpc) is 2.21. The zero-order valence-electron chi connectivity index (χ0n) is 10.5. The molecular formula is C12H24N2O. The van der Waals surface area contributed by atoms with E-state index in [0.29, 0.717) is 0 Å². The van der Waals surface area contributed by atoms with Crippen LogP contribution in [-0.4, -0.2) is 37.0 Å². The first kappa shape index (κ1) is 12.5. The highest BCUT2D eigenvalue weighted by Gasteiger charge is 2.30. The van der Waals surface area contributed by atoms with Crippen molar-refractivity contribution in [3.8, 4) is 0 Å². The Morgan fingerprint density at radius 3 is 2.73 bits per heavy atom. The first-order valence-electron chi connectivity index (χ1n) is 5.96. The third kappa shape index (κ3) is 3.20. The summed E-state index contributed by atoms with van der Waals surface area (Å²) < 4.78 is 0. The molecule has 1 aliphatic heterocycles. The van der Waals surface area contributed by atoms with Crippen molar-refractivity contribution in [3.05, 3.63) is 0 Å². The fourth-order valence-electron chi connectivity index (χ4n) is 1.99. The molecule has 1 N–H and O–H groups in total. The van der Waals surface area contributed by atoms with E-state index in [0.717, 1.165) is 32.4 Å². The Hall–Kier alpha value is -0.570. The summed E-state index contributed by atoms with van der Waals surface area (Å²) in [6, 6.07) is 0.0476. The van der Waals surface area contributed by atoms with Crippen LogP contribution in [0, 0.1) is 5.41 Å². The van der Waals surface area contributed by atoms with Gasteiger partial charge in [-0.15, -0.1) is 0 Å². The molecule has 3 heteroatoms. The predicted octanol–water partition coefficient (Wildman–Crippen LogP) is 1.63. The number of amides is 1. The number of nitrogens with zero attached hydrogens (tertiary/aromatic N) is 1. The minimum absolute atomic E-state index is 0.0476. The van der Waals surface area contributed by atoms with Crippen molar-refractivity contribution in [2.45, 2.75) is 46.1 Å². The van der Waals surface area contributed by atoms with E-state index in [1.807, 2.05) is 11.9 Å². The molecule has 1 rings (SSSR count). The van der Waals surface area contributed by atoms with Crippen LogP contribution in [0.3, 0.4) is 0 Å². The van der Waals surface area contributed by atoms with Gasteiger partial charge >= 0.3 is 0 Å². The van der Waals surface area contributed by atoms with Crippen LogP contribution in [-0.2, 0) is 4.79 Å². The van der Waals surface area contributed by atoms with E-state index >= 15 is 0 Å². The first-order chi connectivity index (χ1) is 7.00. The van der Waals surface area contributed by atoms with E-state index < -0.39 is 0 Å². The number of hydrogen-bond donors (Lipinski definition) is 1. The zero-order valence-corrected chi connectivity index (χ0v) is 10.5. The maximum atomic E-state index is 12.0. The molecule has 1 amide bonds. The van der Waals surface area contributed by atoms with Gasteiger partial charge in [0.2, 0.25) is 5.91 Å². The van der Waals surface area contributed by atoms with E-state index in [-0.39, 0.29) is 17.4 Å². The molecular weight excluding hydrogens is 188 g/mol. The molecule has 0 aromatic carbocycles. The van der Waals surface area contributed by atoms with Gasteiger partial charge in [0.05, 0.1) is 6.04 Å². The monoisotopic (exact) mass is 212 g/mol. The van der Waals surface area contributed by atoms with Crippen LogP contribution in [0.2, 0.25) is 0 Å². The number of rotatable bonds is 4. The lowest BCUT2D eigenvalue weighted by Crippen LogP contribution is -2.51. The highest BCUT2D eigenvalue weighted by atomic mass is 16.2. The average molecular weight is 212 g/mol. The zero-order chi connectivity index (χ0) is 11.5. The van der Waals surface area contributed by atoms with Crippen molar-refractivity contribution in [1.29, 1.82) is 0 Å². The van der Waals surface area contributed by atoms with Crippen LogP contribution in [0.4, 0.5) is 0 Å². The van der Waals surface area contributed by atoms with Gasteiger partial charge in [0, 0.05) is 13.1 Å². The normalized spacial score (nSPS) is 23.3. The number of likely N-dealkylation sites (N-methyl/N-ethyl adjacent to an activating group) is 1. The van der Waals surface area contributed by atoms with Crippen molar-refractivity contribution in [2.24, 2.45) is 5.41 Å². The minimum Gasteiger partial charge on any atom is -0.341 e. The summed E-state index contributed by atoms with van der Waals surface area (Å²) in [5, 5.41) is 3.10. The van der Waals surface area contributed by atoms with Crippen LogP contribution < -0.4 is 5.32 Å². The van der Waals surface area contributed by atoms with Gasteiger partial charge in [-0.25, -0.2) is 0 Å². The Morgan fingerprint density at radius 1 is 1.53 bits per heavy atom. The number of piperidine rings is 1. The van der Waals surface area contributed by atoms with Gasteiger partial charge in [-0.05, 0) is 31.7 Å². The molecule has 88 valence electrons. The second kappa shape index (κ2) is 4.97. The van der Waals surface area contributed by atoms with Gasteiger partial charge in [-0.3, -0.25) is 4.79 Å².